The Labute approximate surface area is 145 Å². The van der Waals surface area contributed by atoms with Crippen LogP contribution in [0.3, 0.4) is 0 Å². The highest BCUT2D eigenvalue weighted by Gasteiger charge is 2.23. The zero-order valence-corrected chi connectivity index (χ0v) is 15.3. The molecule has 1 aromatic carbocycles. The molecule has 0 saturated heterocycles. The van der Waals surface area contributed by atoms with E-state index in [1.54, 1.807) is 11.8 Å². The molecule has 0 amide bonds. The summed E-state index contributed by atoms with van der Waals surface area (Å²) >= 11 is 7.45. The molecule has 3 nitrogen and oxygen atoms in total. The number of aromatic nitrogens is 1. The molecular weight excluding hydrogens is 330 g/mol. The van der Waals surface area contributed by atoms with Gasteiger partial charge in [0.15, 0.2) is 11.6 Å². The summed E-state index contributed by atoms with van der Waals surface area (Å²) in [4.78, 5) is 27.4. The van der Waals surface area contributed by atoms with E-state index in [1.165, 1.54) is 6.92 Å². The fraction of sp³-hybridized carbons (Fsp3) is 0.333. The molecule has 0 fully saturated rings. The van der Waals surface area contributed by atoms with E-state index in [-0.39, 0.29) is 16.8 Å². The molecule has 0 aliphatic heterocycles. The summed E-state index contributed by atoms with van der Waals surface area (Å²) in [7, 11) is 0. The van der Waals surface area contributed by atoms with Gasteiger partial charge in [0.25, 0.3) is 0 Å². The lowest BCUT2D eigenvalue weighted by atomic mass is 10.0. The van der Waals surface area contributed by atoms with Crippen LogP contribution in [0.2, 0.25) is 5.02 Å². The third-order valence-corrected chi connectivity index (χ3v) is 5.28. The molecule has 0 radical (unpaired) electrons. The molecule has 1 aromatic heterocycles. The number of hydrogen-bond acceptors (Lipinski definition) is 3. The molecule has 1 heterocycles. The number of hydrogen-bond donors (Lipinski definition) is 1. The second-order valence-corrected chi connectivity index (χ2v) is 7.39. The largest absolute Gasteiger partial charge is 0.355 e. The van der Waals surface area contributed by atoms with Crippen LogP contribution in [0.25, 0.3) is 0 Å². The van der Waals surface area contributed by atoms with Gasteiger partial charge in [0.1, 0.15) is 0 Å². The Balaban J connectivity index is 2.09. The molecular formula is C18H20ClNO2S. The number of ketones is 2. The van der Waals surface area contributed by atoms with Gasteiger partial charge in [-0.3, -0.25) is 9.59 Å². The summed E-state index contributed by atoms with van der Waals surface area (Å²) < 4.78 is 0. The van der Waals surface area contributed by atoms with Gasteiger partial charge in [-0.2, -0.15) is 0 Å². The van der Waals surface area contributed by atoms with Gasteiger partial charge < -0.3 is 4.98 Å². The van der Waals surface area contributed by atoms with E-state index in [9.17, 15) is 9.59 Å². The van der Waals surface area contributed by atoms with Crippen molar-refractivity contribution in [3.63, 3.8) is 0 Å². The maximum Gasteiger partial charge on any atom is 0.191 e. The van der Waals surface area contributed by atoms with E-state index in [4.69, 9.17) is 11.6 Å². The van der Waals surface area contributed by atoms with E-state index in [0.717, 1.165) is 22.6 Å². The van der Waals surface area contributed by atoms with Gasteiger partial charge in [-0.1, -0.05) is 23.7 Å². The molecule has 122 valence electrons. The lowest BCUT2D eigenvalue weighted by Gasteiger charge is -2.10. The highest BCUT2D eigenvalue weighted by Crippen LogP contribution is 2.25. The van der Waals surface area contributed by atoms with Gasteiger partial charge >= 0.3 is 0 Å². The molecule has 0 spiro atoms. The number of benzene rings is 1. The van der Waals surface area contributed by atoms with Crippen LogP contribution in [0, 0.1) is 13.8 Å². The molecule has 0 saturated carbocycles. The second kappa shape index (κ2) is 7.37. The number of nitrogens with one attached hydrogen (secondary N) is 1. The fourth-order valence-electron chi connectivity index (χ4n) is 2.61. The number of aromatic amines is 1. The van der Waals surface area contributed by atoms with Crippen molar-refractivity contribution in [3.8, 4) is 0 Å². The van der Waals surface area contributed by atoms with E-state index < -0.39 is 0 Å². The first-order valence-corrected chi connectivity index (χ1v) is 8.84. The molecule has 0 unspecified atom stereocenters. The van der Waals surface area contributed by atoms with Crippen molar-refractivity contribution >= 4 is 34.9 Å². The molecule has 0 bridgehead atoms. The first-order valence-electron chi connectivity index (χ1n) is 7.41. The Morgan fingerprint density at radius 3 is 2.35 bits per heavy atom. The Bertz CT molecular complexity index is 734. The molecule has 23 heavy (non-hydrogen) atoms. The van der Waals surface area contributed by atoms with Gasteiger partial charge in [0, 0.05) is 22.0 Å². The van der Waals surface area contributed by atoms with E-state index in [2.05, 4.69) is 4.98 Å². The number of halogens is 1. The topological polar surface area (TPSA) is 49.9 Å². The normalized spacial score (nSPS) is 12.2. The van der Waals surface area contributed by atoms with E-state index in [0.29, 0.717) is 16.3 Å². The lowest BCUT2D eigenvalue weighted by Crippen LogP contribution is -2.15. The zero-order chi connectivity index (χ0) is 17.1. The number of thioether (sulfide) groups is 1. The average Bonchev–Trinajstić information content (AvgIpc) is 2.80. The number of Topliss-reactive ketones (excluding diaryl/α,β-unsaturated/α-hetero) is 2. The average molecular weight is 350 g/mol. The summed E-state index contributed by atoms with van der Waals surface area (Å²) in [5.74, 6) is 0.747. The van der Waals surface area contributed by atoms with Gasteiger partial charge in [-0.05, 0) is 51.0 Å². The van der Waals surface area contributed by atoms with Crippen LogP contribution in [-0.4, -0.2) is 21.8 Å². The van der Waals surface area contributed by atoms with Crippen molar-refractivity contribution < 1.29 is 9.59 Å². The number of carbonyl (C=O) groups is 2. The number of H-pyrrole nitrogens is 1. The van der Waals surface area contributed by atoms with Crippen molar-refractivity contribution in [2.45, 2.75) is 38.7 Å². The Morgan fingerprint density at radius 2 is 1.83 bits per heavy atom. The van der Waals surface area contributed by atoms with Crippen LogP contribution in [-0.2, 0) is 5.75 Å². The van der Waals surface area contributed by atoms with Crippen molar-refractivity contribution in [1.29, 1.82) is 0 Å². The lowest BCUT2D eigenvalue weighted by molar-refractivity contribution is 0.0988. The summed E-state index contributed by atoms with van der Waals surface area (Å²) in [6, 6.07) is 7.62. The minimum Gasteiger partial charge on any atom is -0.355 e. The summed E-state index contributed by atoms with van der Waals surface area (Å²) in [5, 5.41) is 0.513. The third-order valence-electron chi connectivity index (χ3n) is 3.82. The molecule has 1 N–H and O–H groups in total. The van der Waals surface area contributed by atoms with Crippen LogP contribution in [0.15, 0.2) is 24.3 Å². The highest BCUT2D eigenvalue weighted by molar-refractivity contribution is 7.99. The summed E-state index contributed by atoms with van der Waals surface area (Å²) in [5.41, 5.74) is 3.81. The first-order chi connectivity index (χ1) is 10.8. The maximum atomic E-state index is 12.6. The van der Waals surface area contributed by atoms with Gasteiger partial charge in [-0.25, -0.2) is 0 Å². The van der Waals surface area contributed by atoms with Crippen molar-refractivity contribution in [3.05, 3.63) is 57.4 Å². The highest BCUT2D eigenvalue weighted by atomic mass is 35.5. The fourth-order valence-corrected chi connectivity index (χ4v) is 3.64. The molecule has 0 aliphatic carbocycles. The third kappa shape index (κ3) is 4.06. The van der Waals surface area contributed by atoms with Crippen LogP contribution >= 0.6 is 23.4 Å². The van der Waals surface area contributed by atoms with Crippen LogP contribution in [0.5, 0.6) is 0 Å². The molecule has 0 aliphatic rings. The van der Waals surface area contributed by atoms with Crippen molar-refractivity contribution in [1.82, 2.24) is 4.98 Å². The Hall–Kier alpha value is -1.52. The zero-order valence-electron chi connectivity index (χ0n) is 13.7. The number of rotatable bonds is 6. The van der Waals surface area contributed by atoms with Gasteiger partial charge in [0.2, 0.25) is 0 Å². The minimum atomic E-state index is -0.192. The SMILES string of the molecule is CC(=O)c1c(C)[nH]c(C(=O)[C@@H](C)SCc2ccc(Cl)cc2)c1C. The van der Waals surface area contributed by atoms with Crippen LogP contribution < -0.4 is 0 Å². The summed E-state index contributed by atoms with van der Waals surface area (Å²) in [6.45, 7) is 7.07. The predicted molar refractivity (Wildman–Crippen MR) is 96.8 cm³/mol. The van der Waals surface area contributed by atoms with Gasteiger partial charge in [-0.15, -0.1) is 11.8 Å². The van der Waals surface area contributed by atoms with Crippen LogP contribution in [0.1, 0.15) is 51.5 Å². The smallest absolute Gasteiger partial charge is 0.191 e. The van der Waals surface area contributed by atoms with Gasteiger partial charge in [0.05, 0.1) is 10.9 Å². The number of aryl methyl sites for hydroxylation is 1. The number of carbonyl (C=O) groups excluding carboxylic acids is 2. The first kappa shape index (κ1) is 17.8. The molecule has 2 rings (SSSR count). The molecule has 2 aromatic rings. The van der Waals surface area contributed by atoms with Crippen LogP contribution in [0.4, 0.5) is 0 Å². The van der Waals surface area contributed by atoms with E-state index in [1.807, 2.05) is 45.0 Å². The Kier molecular flexibility index (Phi) is 5.71. The van der Waals surface area contributed by atoms with Crippen molar-refractivity contribution in [2.75, 3.05) is 0 Å². The second-order valence-electron chi connectivity index (χ2n) is 5.63. The van der Waals surface area contributed by atoms with Crippen molar-refractivity contribution in [2.24, 2.45) is 0 Å². The standard InChI is InChI=1S/C18H20ClNO2S/c1-10-16(12(3)21)11(2)20-17(10)18(22)13(4)23-9-14-5-7-15(19)8-6-14/h5-8,13,20H,9H2,1-4H3/t13-/m1/s1. The molecule has 5 heteroatoms. The monoisotopic (exact) mass is 349 g/mol. The minimum absolute atomic E-state index is 0.0169. The summed E-state index contributed by atoms with van der Waals surface area (Å²) in [6.07, 6.45) is 0. The predicted octanol–water partition coefficient (Wildman–Crippen LogP) is 4.99. The van der Waals surface area contributed by atoms with E-state index >= 15 is 0 Å². The maximum absolute atomic E-state index is 12.6. The molecule has 1 atom stereocenters. The quantitative estimate of drug-likeness (QED) is 0.747. The Morgan fingerprint density at radius 1 is 1.22 bits per heavy atom.